The molecular formula is C18H17FN4O2. The molecule has 1 amide bonds. The molecule has 25 heavy (non-hydrogen) atoms. The van der Waals surface area contributed by atoms with Crippen LogP contribution in [0.1, 0.15) is 11.7 Å². The second kappa shape index (κ2) is 7.67. The Labute approximate surface area is 143 Å². The van der Waals surface area contributed by atoms with Crippen molar-refractivity contribution in [1.82, 2.24) is 20.3 Å². The smallest absolute Gasteiger partial charge is 0.241 e. The van der Waals surface area contributed by atoms with Gasteiger partial charge in [0.25, 0.3) is 0 Å². The monoisotopic (exact) mass is 340 g/mol. The van der Waals surface area contributed by atoms with Crippen LogP contribution in [0, 0.1) is 5.82 Å². The number of aromatic nitrogens is 3. The summed E-state index contributed by atoms with van der Waals surface area (Å²) in [6, 6.07) is 15.0. The number of aliphatic hydroxyl groups excluding tert-OH is 1. The Hall–Kier alpha value is -3.06. The van der Waals surface area contributed by atoms with Crippen LogP contribution in [0.15, 0.2) is 60.8 Å². The van der Waals surface area contributed by atoms with Crippen molar-refractivity contribution in [3.63, 3.8) is 0 Å². The molecule has 2 N–H and O–H groups in total. The largest absolute Gasteiger partial charge is 0.387 e. The SMILES string of the molecule is O=C(Cn1cc(-c2ccccc2)nn1)NCC(O)c1ccc(F)cc1. The van der Waals surface area contributed by atoms with Crippen LogP contribution in [0.25, 0.3) is 11.3 Å². The van der Waals surface area contributed by atoms with Gasteiger partial charge < -0.3 is 10.4 Å². The predicted molar refractivity (Wildman–Crippen MR) is 89.8 cm³/mol. The predicted octanol–water partition coefficient (Wildman–Crippen LogP) is 1.93. The van der Waals surface area contributed by atoms with Gasteiger partial charge in [0.15, 0.2) is 0 Å². The first kappa shape index (κ1) is 16.8. The molecule has 2 aromatic carbocycles. The number of halogens is 1. The van der Waals surface area contributed by atoms with Gasteiger partial charge in [-0.25, -0.2) is 9.07 Å². The lowest BCUT2D eigenvalue weighted by atomic mass is 10.1. The molecule has 0 aliphatic heterocycles. The molecule has 6 nitrogen and oxygen atoms in total. The summed E-state index contributed by atoms with van der Waals surface area (Å²) in [6.45, 7) is 0.0284. The average molecular weight is 340 g/mol. The van der Waals surface area contributed by atoms with Gasteiger partial charge in [0.05, 0.1) is 12.3 Å². The molecule has 7 heteroatoms. The minimum absolute atomic E-state index is 0.00400. The second-order valence-electron chi connectivity index (χ2n) is 5.54. The Morgan fingerprint density at radius 2 is 1.88 bits per heavy atom. The number of nitrogens with zero attached hydrogens (tertiary/aromatic N) is 3. The van der Waals surface area contributed by atoms with E-state index in [2.05, 4.69) is 15.6 Å². The molecular weight excluding hydrogens is 323 g/mol. The van der Waals surface area contributed by atoms with Crippen LogP contribution in [0.4, 0.5) is 4.39 Å². The van der Waals surface area contributed by atoms with Crippen LogP contribution in [-0.2, 0) is 11.3 Å². The maximum Gasteiger partial charge on any atom is 0.241 e. The molecule has 0 saturated heterocycles. The summed E-state index contributed by atoms with van der Waals surface area (Å²) in [4.78, 5) is 12.0. The highest BCUT2D eigenvalue weighted by Gasteiger charge is 2.11. The zero-order valence-corrected chi connectivity index (χ0v) is 13.3. The Bertz CT molecular complexity index is 834. The quantitative estimate of drug-likeness (QED) is 0.719. The van der Waals surface area contributed by atoms with Gasteiger partial charge in [0.2, 0.25) is 5.91 Å². The third kappa shape index (κ3) is 4.48. The first-order chi connectivity index (χ1) is 12.1. The van der Waals surface area contributed by atoms with Crippen LogP contribution in [0.2, 0.25) is 0 Å². The number of carbonyl (C=O) groups excluding carboxylic acids is 1. The zero-order valence-electron chi connectivity index (χ0n) is 13.3. The third-order valence-corrected chi connectivity index (χ3v) is 3.66. The lowest BCUT2D eigenvalue weighted by Gasteiger charge is -2.12. The van der Waals surface area contributed by atoms with Crippen molar-refractivity contribution in [2.24, 2.45) is 0 Å². The van der Waals surface area contributed by atoms with Crippen LogP contribution >= 0.6 is 0 Å². The number of rotatable bonds is 6. The van der Waals surface area contributed by atoms with Crippen molar-refractivity contribution in [2.75, 3.05) is 6.54 Å². The van der Waals surface area contributed by atoms with Crippen molar-refractivity contribution >= 4 is 5.91 Å². The fourth-order valence-corrected chi connectivity index (χ4v) is 2.33. The fraction of sp³-hybridized carbons (Fsp3) is 0.167. The van der Waals surface area contributed by atoms with Gasteiger partial charge in [0, 0.05) is 12.1 Å². The molecule has 1 heterocycles. The van der Waals surface area contributed by atoms with E-state index in [9.17, 15) is 14.3 Å². The molecule has 0 aliphatic carbocycles. The second-order valence-corrected chi connectivity index (χ2v) is 5.54. The molecule has 128 valence electrons. The summed E-state index contributed by atoms with van der Waals surface area (Å²) in [6.07, 6.45) is 0.783. The van der Waals surface area contributed by atoms with E-state index < -0.39 is 6.10 Å². The fourth-order valence-electron chi connectivity index (χ4n) is 2.33. The van der Waals surface area contributed by atoms with Gasteiger partial charge in [-0.05, 0) is 17.7 Å². The summed E-state index contributed by atoms with van der Waals surface area (Å²) in [5.74, 6) is -0.675. The molecule has 0 aliphatic rings. The number of carbonyl (C=O) groups is 1. The average Bonchev–Trinajstić information content (AvgIpc) is 3.09. The lowest BCUT2D eigenvalue weighted by molar-refractivity contribution is -0.122. The maximum absolute atomic E-state index is 12.9. The van der Waals surface area contributed by atoms with Crippen LogP contribution < -0.4 is 5.32 Å². The molecule has 0 saturated carbocycles. The Kier molecular flexibility index (Phi) is 5.15. The van der Waals surface area contributed by atoms with Crippen molar-refractivity contribution < 1.29 is 14.3 Å². The third-order valence-electron chi connectivity index (χ3n) is 3.66. The van der Waals surface area contributed by atoms with E-state index in [1.165, 1.54) is 28.9 Å². The summed E-state index contributed by atoms with van der Waals surface area (Å²) in [5, 5.41) is 20.6. The number of hydrogen-bond acceptors (Lipinski definition) is 4. The summed E-state index contributed by atoms with van der Waals surface area (Å²) in [7, 11) is 0. The van der Waals surface area contributed by atoms with Gasteiger partial charge in [-0.2, -0.15) is 0 Å². The van der Waals surface area contributed by atoms with Crippen LogP contribution in [-0.4, -0.2) is 32.6 Å². The minimum Gasteiger partial charge on any atom is -0.387 e. The van der Waals surface area contributed by atoms with Gasteiger partial charge in [-0.3, -0.25) is 4.79 Å². The number of aliphatic hydroxyl groups is 1. The van der Waals surface area contributed by atoms with E-state index in [4.69, 9.17) is 0 Å². The van der Waals surface area contributed by atoms with E-state index >= 15 is 0 Å². The standard InChI is InChI=1S/C18H17FN4O2/c19-15-8-6-14(7-9-15)17(24)10-20-18(25)12-23-11-16(21-22-23)13-4-2-1-3-5-13/h1-9,11,17,24H,10,12H2,(H,20,25). The first-order valence-electron chi connectivity index (χ1n) is 7.77. The van der Waals surface area contributed by atoms with Gasteiger partial charge in [-0.15, -0.1) is 5.10 Å². The van der Waals surface area contributed by atoms with E-state index in [0.717, 1.165) is 5.56 Å². The molecule has 0 fully saturated rings. The van der Waals surface area contributed by atoms with Crippen molar-refractivity contribution in [1.29, 1.82) is 0 Å². The normalized spacial score (nSPS) is 11.9. The lowest BCUT2D eigenvalue weighted by Crippen LogP contribution is -2.31. The molecule has 0 bridgehead atoms. The highest BCUT2D eigenvalue weighted by molar-refractivity contribution is 5.75. The van der Waals surface area contributed by atoms with Crippen molar-refractivity contribution in [2.45, 2.75) is 12.6 Å². The van der Waals surface area contributed by atoms with E-state index in [1.54, 1.807) is 6.20 Å². The number of benzene rings is 2. The highest BCUT2D eigenvalue weighted by atomic mass is 19.1. The molecule has 3 aromatic rings. The van der Waals surface area contributed by atoms with Crippen LogP contribution in [0.5, 0.6) is 0 Å². The van der Waals surface area contributed by atoms with Crippen LogP contribution in [0.3, 0.4) is 0 Å². The Morgan fingerprint density at radius 1 is 1.16 bits per heavy atom. The topological polar surface area (TPSA) is 80.0 Å². The van der Waals surface area contributed by atoms with Crippen molar-refractivity contribution in [3.05, 3.63) is 72.2 Å². The summed E-state index contributed by atoms with van der Waals surface area (Å²) in [5.41, 5.74) is 2.13. The van der Waals surface area contributed by atoms with Crippen molar-refractivity contribution in [3.8, 4) is 11.3 Å². The number of amides is 1. The molecule has 3 rings (SSSR count). The summed E-state index contributed by atoms with van der Waals surface area (Å²) >= 11 is 0. The molecule has 0 spiro atoms. The van der Waals surface area contributed by atoms with Gasteiger partial charge in [0.1, 0.15) is 18.1 Å². The Balaban J connectivity index is 1.53. The van der Waals surface area contributed by atoms with E-state index in [-0.39, 0.29) is 24.8 Å². The summed E-state index contributed by atoms with van der Waals surface area (Å²) < 4.78 is 14.3. The minimum atomic E-state index is -0.903. The van der Waals surface area contributed by atoms with Gasteiger partial charge in [-0.1, -0.05) is 47.7 Å². The molecule has 1 atom stereocenters. The first-order valence-corrected chi connectivity index (χ1v) is 7.77. The van der Waals surface area contributed by atoms with E-state index in [0.29, 0.717) is 11.3 Å². The Morgan fingerprint density at radius 3 is 2.60 bits per heavy atom. The molecule has 0 radical (unpaired) electrons. The maximum atomic E-state index is 12.9. The molecule has 1 aromatic heterocycles. The number of nitrogens with one attached hydrogen (secondary N) is 1. The highest BCUT2D eigenvalue weighted by Crippen LogP contribution is 2.15. The van der Waals surface area contributed by atoms with E-state index in [1.807, 2.05) is 30.3 Å². The molecule has 1 unspecified atom stereocenters. The van der Waals surface area contributed by atoms with Gasteiger partial charge >= 0.3 is 0 Å². The zero-order chi connectivity index (χ0) is 17.6. The number of hydrogen-bond donors (Lipinski definition) is 2.